The van der Waals surface area contributed by atoms with Gasteiger partial charge in [0.1, 0.15) is 0 Å². The monoisotopic (exact) mass is 563 g/mol. The van der Waals surface area contributed by atoms with Crippen molar-refractivity contribution in [2.45, 2.75) is 6.92 Å². The molecular weight excluding hydrogens is 530 g/mol. The van der Waals surface area contributed by atoms with Crippen LogP contribution in [0.1, 0.15) is 6.92 Å². The molecule has 0 fully saturated rings. The first kappa shape index (κ1) is 27.2. The molecule has 0 unspecified atom stereocenters. The van der Waals surface area contributed by atoms with Crippen molar-refractivity contribution >= 4 is 45.2 Å². The van der Waals surface area contributed by atoms with E-state index in [9.17, 15) is 0 Å². The highest BCUT2D eigenvalue weighted by Crippen LogP contribution is 2.36. The van der Waals surface area contributed by atoms with Gasteiger partial charge >= 0.3 is 0 Å². The van der Waals surface area contributed by atoms with E-state index in [2.05, 4.69) is 182 Å². The highest BCUT2D eigenvalue weighted by Gasteiger charge is 2.16. The summed E-state index contributed by atoms with van der Waals surface area (Å²) >= 11 is 0. The zero-order valence-electron chi connectivity index (χ0n) is 24.8. The van der Waals surface area contributed by atoms with Gasteiger partial charge in [-0.1, -0.05) is 146 Å². The van der Waals surface area contributed by atoms with Crippen LogP contribution in [0.3, 0.4) is 0 Å². The van der Waals surface area contributed by atoms with Crippen LogP contribution in [0.4, 0.5) is 11.4 Å². The maximum Gasteiger partial charge on any atom is 0.0536 e. The normalized spacial score (nSPS) is 12.1. The smallest absolute Gasteiger partial charge is 0.0536 e. The molecule has 0 aliphatic rings. The molecule has 0 heterocycles. The lowest BCUT2D eigenvalue weighted by molar-refractivity contribution is 1.28. The summed E-state index contributed by atoms with van der Waals surface area (Å²) in [4.78, 5) is 2.34. The van der Waals surface area contributed by atoms with Crippen LogP contribution in [-0.4, -0.2) is 0 Å². The van der Waals surface area contributed by atoms with E-state index in [-0.39, 0.29) is 0 Å². The molecule has 1 nitrogen and oxygen atoms in total. The minimum atomic E-state index is 0.991. The van der Waals surface area contributed by atoms with E-state index in [4.69, 9.17) is 0 Å². The quantitative estimate of drug-likeness (QED) is 0.195. The van der Waals surface area contributed by atoms with Gasteiger partial charge in [0.15, 0.2) is 0 Å². The Bertz CT molecular complexity index is 2110. The molecule has 0 aliphatic carbocycles. The van der Waals surface area contributed by atoms with Crippen LogP contribution in [0.25, 0.3) is 56.1 Å². The van der Waals surface area contributed by atoms with Crippen LogP contribution >= 0.6 is 0 Å². The second kappa shape index (κ2) is 11.9. The average Bonchev–Trinajstić information content (AvgIpc) is 3.08. The molecular formula is C43H33N. The first-order valence-electron chi connectivity index (χ1n) is 15.1. The van der Waals surface area contributed by atoms with E-state index >= 15 is 0 Å². The van der Waals surface area contributed by atoms with Gasteiger partial charge < -0.3 is 4.90 Å². The van der Waals surface area contributed by atoms with Gasteiger partial charge in [0.2, 0.25) is 0 Å². The molecule has 0 aliphatic heterocycles. The van der Waals surface area contributed by atoms with Gasteiger partial charge in [0, 0.05) is 16.6 Å². The lowest BCUT2D eigenvalue weighted by Crippen LogP contribution is -2.31. The second-order valence-corrected chi connectivity index (χ2v) is 11.0. The van der Waals surface area contributed by atoms with E-state index in [1.807, 2.05) is 6.07 Å². The number of hydrogen-bond donors (Lipinski definition) is 0. The summed E-state index contributed by atoms with van der Waals surface area (Å²) in [5.74, 6) is 0. The molecule has 0 radical (unpaired) electrons. The van der Waals surface area contributed by atoms with Gasteiger partial charge in [-0.2, -0.15) is 0 Å². The number of anilines is 2. The van der Waals surface area contributed by atoms with E-state index in [0.29, 0.717) is 0 Å². The van der Waals surface area contributed by atoms with Crippen molar-refractivity contribution in [2.24, 2.45) is 0 Å². The van der Waals surface area contributed by atoms with Crippen molar-refractivity contribution in [2.75, 3.05) is 4.90 Å². The lowest BCUT2D eigenvalue weighted by atomic mass is 9.97. The Morgan fingerprint density at radius 3 is 1.45 bits per heavy atom. The molecule has 0 bridgehead atoms. The standard InChI is InChI=1S/C43H33N/c1-3-12-43(38-18-7-4-13-31(38)2)44(36-27-23-34(24-28-36)41-21-10-16-32-14-5-8-19-39(32)41)37-29-25-35(26-30-37)42-22-11-17-33-15-6-9-20-40(33)42/h3-30H,2H2,1H3/b12-3-,43-38+. The molecule has 0 saturated carbocycles. The Hall–Kier alpha value is -5.66. The summed E-state index contributed by atoms with van der Waals surface area (Å²) in [6, 6.07) is 56.4. The van der Waals surface area contributed by atoms with Crippen molar-refractivity contribution in [3.63, 3.8) is 0 Å². The number of benzene rings is 7. The largest absolute Gasteiger partial charge is 0.310 e. The Balaban J connectivity index is 1.37. The van der Waals surface area contributed by atoms with Crippen molar-refractivity contribution in [3.8, 4) is 22.3 Å². The Kier molecular flexibility index (Phi) is 7.36. The molecule has 7 rings (SSSR count). The molecule has 0 aromatic heterocycles. The van der Waals surface area contributed by atoms with Crippen molar-refractivity contribution in [1.29, 1.82) is 0 Å². The topological polar surface area (TPSA) is 3.24 Å². The molecule has 0 N–H and O–H groups in total. The predicted octanol–water partition coefficient (Wildman–Crippen LogP) is 10.3. The number of allylic oxidation sites excluding steroid dienone is 1. The zero-order valence-corrected chi connectivity index (χ0v) is 24.8. The molecule has 7 aromatic carbocycles. The van der Waals surface area contributed by atoms with Crippen LogP contribution in [0, 0.1) is 0 Å². The highest BCUT2D eigenvalue weighted by molar-refractivity contribution is 5.98. The van der Waals surface area contributed by atoms with Gasteiger partial charge in [-0.25, -0.2) is 0 Å². The fourth-order valence-electron chi connectivity index (χ4n) is 6.17. The summed E-state index contributed by atoms with van der Waals surface area (Å²) in [7, 11) is 0. The first-order chi connectivity index (χ1) is 21.7. The summed E-state index contributed by atoms with van der Waals surface area (Å²) in [6.07, 6.45) is 4.28. The fourth-order valence-corrected chi connectivity index (χ4v) is 6.17. The second-order valence-electron chi connectivity index (χ2n) is 11.0. The van der Waals surface area contributed by atoms with E-state index in [1.54, 1.807) is 0 Å². The van der Waals surface area contributed by atoms with Crippen LogP contribution < -0.4 is 15.3 Å². The number of fused-ring (bicyclic) bond motifs is 2. The summed E-state index contributed by atoms with van der Waals surface area (Å²) in [5, 5.41) is 7.11. The van der Waals surface area contributed by atoms with Crippen molar-refractivity contribution in [1.82, 2.24) is 0 Å². The lowest BCUT2D eigenvalue weighted by Gasteiger charge is -2.27. The molecule has 0 atom stereocenters. The third-order valence-corrected chi connectivity index (χ3v) is 8.31. The summed E-state index contributed by atoms with van der Waals surface area (Å²) in [6.45, 7) is 6.44. The van der Waals surface area contributed by atoms with Crippen molar-refractivity contribution in [3.05, 3.63) is 180 Å². The van der Waals surface area contributed by atoms with Crippen LogP contribution in [-0.2, 0) is 0 Å². The molecule has 44 heavy (non-hydrogen) atoms. The Labute approximate surface area is 259 Å². The predicted molar refractivity (Wildman–Crippen MR) is 190 cm³/mol. The average molecular weight is 564 g/mol. The maximum absolute atomic E-state index is 4.38. The van der Waals surface area contributed by atoms with Gasteiger partial charge in [0.25, 0.3) is 0 Å². The van der Waals surface area contributed by atoms with Crippen LogP contribution in [0.5, 0.6) is 0 Å². The Morgan fingerprint density at radius 2 is 0.955 bits per heavy atom. The molecule has 0 amide bonds. The molecule has 1 heteroatoms. The number of nitrogens with zero attached hydrogens (tertiary/aromatic N) is 1. The molecule has 0 spiro atoms. The third kappa shape index (κ3) is 5.10. The van der Waals surface area contributed by atoms with Gasteiger partial charge in [-0.05, 0) is 86.3 Å². The highest BCUT2D eigenvalue weighted by atomic mass is 15.1. The summed E-state index contributed by atoms with van der Waals surface area (Å²) in [5.41, 5.74) is 8.12. The first-order valence-corrected chi connectivity index (χ1v) is 15.1. The Morgan fingerprint density at radius 1 is 0.500 bits per heavy atom. The molecule has 0 saturated heterocycles. The van der Waals surface area contributed by atoms with Gasteiger partial charge in [0.05, 0.1) is 5.70 Å². The van der Waals surface area contributed by atoms with Crippen LogP contribution in [0.2, 0.25) is 0 Å². The third-order valence-electron chi connectivity index (χ3n) is 8.31. The van der Waals surface area contributed by atoms with Crippen molar-refractivity contribution < 1.29 is 0 Å². The zero-order chi connectivity index (χ0) is 29.9. The fraction of sp³-hybridized carbons (Fsp3) is 0.0233. The minimum Gasteiger partial charge on any atom is -0.310 e. The minimum absolute atomic E-state index is 0.991. The van der Waals surface area contributed by atoms with E-state index in [0.717, 1.165) is 27.5 Å². The van der Waals surface area contributed by atoms with Gasteiger partial charge in [-0.15, -0.1) is 0 Å². The number of hydrogen-bond acceptors (Lipinski definition) is 1. The molecule has 210 valence electrons. The van der Waals surface area contributed by atoms with E-state index < -0.39 is 0 Å². The maximum atomic E-state index is 4.38. The molecule has 7 aromatic rings. The SMILES string of the molecule is C=c1cccc/c1=C(/C=C\C)N(c1ccc(-c2cccc3ccccc23)cc1)c1ccc(-c2cccc3ccccc23)cc1. The number of rotatable bonds is 6. The van der Waals surface area contributed by atoms with E-state index in [1.165, 1.54) is 43.8 Å². The summed E-state index contributed by atoms with van der Waals surface area (Å²) < 4.78 is 0. The van der Waals surface area contributed by atoms with Gasteiger partial charge in [-0.3, -0.25) is 0 Å². The van der Waals surface area contributed by atoms with Crippen LogP contribution in [0.15, 0.2) is 170 Å².